The molecule has 0 aliphatic heterocycles. The Morgan fingerprint density at radius 1 is 0.769 bits per heavy atom. The Labute approximate surface area is 218 Å². The normalized spacial score (nSPS) is 11.8. The highest BCUT2D eigenvalue weighted by Gasteiger charge is 2.29. The molecule has 0 saturated heterocycles. The lowest BCUT2D eigenvalue weighted by Crippen LogP contribution is -2.21. The van der Waals surface area contributed by atoms with Crippen LogP contribution in [0.25, 0.3) is 28.5 Å². The Hall–Kier alpha value is -4.21. The minimum absolute atomic E-state index is 0.0858. The largest absolute Gasteiger partial charge is 0.429 e. The summed E-state index contributed by atoms with van der Waals surface area (Å²) in [5.74, 6) is -8.99. The molecule has 2 nitrogen and oxygen atoms in total. The summed E-state index contributed by atoms with van der Waals surface area (Å²) in [5, 5.41) is 0. The zero-order valence-corrected chi connectivity index (χ0v) is 20.2. The van der Waals surface area contributed by atoms with Crippen LogP contribution in [0.4, 0.5) is 35.1 Å². The monoisotopic (exact) mass is 549 g/mol. The van der Waals surface area contributed by atoms with Crippen LogP contribution in [0, 0.1) is 34.9 Å². The van der Waals surface area contributed by atoms with Gasteiger partial charge < -0.3 is 4.74 Å². The second-order valence-corrected chi connectivity index (χ2v) is 8.55. The van der Waals surface area contributed by atoms with Crippen LogP contribution in [-0.2, 0) is 6.42 Å². The van der Waals surface area contributed by atoms with E-state index < -0.39 is 57.9 Å². The maximum Gasteiger partial charge on any atom is 0.419 e. The van der Waals surface area contributed by atoms with Crippen molar-refractivity contribution in [2.24, 2.45) is 0 Å². The van der Waals surface area contributed by atoms with Crippen LogP contribution in [0.2, 0.25) is 0 Å². The number of aromatic nitrogens is 1. The summed E-state index contributed by atoms with van der Waals surface area (Å²) in [6.07, 6.45) is -0.273. The number of halogens is 8. The lowest BCUT2D eigenvalue weighted by Gasteiger charge is -2.15. The van der Waals surface area contributed by atoms with Crippen molar-refractivity contribution in [3.63, 3.8) is 0 Å². The second kappa shape index (κ2) is 11.3. The molecule has 1 heterocycles. The van der Waals surface area contributed by atoms with Crippen molar-refractivity contribution in [2.75, 3.05) is 0 Å². The van der Waals surface area contributed by atoms with E-state index in [1.807, 2.05) is 6.92 Å². The molecule has 0 saturated carbocycles. The molecular formula is C29H19F8NO. The van der Waals surface area contributed by atoms with E-state index in [0.717, 1.165) is 42.7 Å². The standard InChI is InChI=1S/C29H19F8NO/c1-2-3-16-4-7-27(38-15-16)18-12-22(30)21(23(31)13-18)8-9-29(36,37)39-19-5-6-20(24(32)14-19)17-10-25(33)28(35)26(34)11-17/h4-15H,2-3H2,1H3/b9-8+. The van der Waals surface area contributed by atoms with Crippen LogP contribution in [0.15, 0.2) is 66.9 Å². The van der Waals surface area contributed by atoms with E-state index in [1.54, 1.807) is 18.3 Å². The average Bonchev–Trinajstić information content (AvgIpc) is 2.87. The van der Waals surface area contributed by atoms with Crippen molar-refractivity contribution in [1.82, 2.24) is 4.98 Å². The number of hydrogen-bond acceptors (Lipinski definition) is 2. The van der Waals surface area contributed by atoms with Crippen molar-refractivity contribution < 1.29 is 39.9 Å². The maximum absolute atomic E-state index is 14.6. The van der Waals surface area contributed by atoms with Crippen molar-refractivity contribution in [2.45, 2.75) is 25.9 Å². The molecule has 0 bridgehead atoms. The molecule has 0 radical (unpaired) electrons. The van der Waals surface area contributed by atoms with Gasteiger partial charge in [-0.3, -0.25) is 4.98 Å². The van der Waals surface area contributed by atoms with Crippen LogP contribution in [-0.4, -0.2) is 11.1 Å². The van der Waals surface area contributed by atoms with Gasteiger partial charge in [-0.25, -0.2) is 26.3 Å². The summed E-state index contributed by atoms with van der Waals surface area (Å²) in [4.78, 5) is 4.18. The fourth-order valence-corrected chi connectivity index (χ4v) is 3.80. The summed E-state index contributed by atoms with van der Waals surface area (Å²) in [5.41, 5.74) is -0.164. The molecule has 39 heavy (non-hydrogen) atoms. The number of pyridine rings is 1. The number of alkyl halides is 2. The van der Waals surface area contributed by atoms with Crippen LogP contribution in [0.5, 0.6) is 5.75 Å². The van der Waals surface area contributed by atoms with Gasteiger partial charge in [0.1, 0.15) is 23.2 Å². The molecule has 3 aromatic carbocycles. The van der Waals surface area contributed by atoms with E-state index in [9.17, 15) is 35.1 Å². The van der Waals surface area contributed by atoms with Crippen LogP contribution >= 0.6 is 0 Å². The molecule has 4 rings (SSSR count). The predicted octanol–water partition coefficient (Wildman–Crippen LogP) is 8.89. The van der Waals surface area contributed by atoms with E-state index in [1.165, 1.54) is 0 Å². The third kappa shape index (κ3) is 6.45. The highest BCUT2D eigenvalue weighted by atomic mass is 19.3. The quantitative estimate of drug-likeness (QED) is 0.162. The van der Waals surface area contributed by atoms with Gasteiger partial charge in [-0.15, -0.1) is 0 Å². The minimum atomic E-state index is -4.13. The molecular weight excluding hydrogens is 530 g/mol. The molecule has 0 spiro atoms. The molecule has 10 heteroatoms. The number of hydrogen-bond donors (Lipinski definition) is 0. The first-order chi connectivity index (χ1) is 18.5. The number of aryl methyl sites for hydroxylation is 1. The number of benzene rings is 3. The third-order valence-electron chi connectivity index (χ3n) is 5.67. The van der Waals surface area contributed by atoms with Gasteiger partial charge in [0.15, 0.2) is 17.5 Å². The van der Waals surface area contributed by atoms with Gasteiger partial charge in [0.05, 0.1) is 5.69 Å². The highest BCUT2D eigenvalue weighted by Crippen LogP contribution is 2.32. The summed E-state index contributed by atoms with van der Waals surface area (Å²) in [6, 6.07) is 8.68. The van der Waals surface area contributed by atoms with Crippen molar-refractivity contribution in [1.29, 1.82) is 0 Å². The molecule has 0 fully saturated rings. The van der Waals surface area contributed by atoms with E-state index in [2.05, 4.69) is 9.72 Å². The summed E-state index contributed by atoms with van der Waals surface area (Å²) >= 11 is 0. The topological polar surface area (TPSA) is 22.1 Å². The SMILES string of the molecule is CCCc1ccc(-c2cc(F)c(/C=C/C(F)(F)Oc3ccc(-c4cc(F)c(F)c(F)c4)c(F)c3)c(F)c2)nc1. The van der Waals surface area contributed by atoms with E-state index in [4.69, 9.17) is 0 Å². The first-order valence-electron chi connectivity index (χ1n) is 11.6. The fourth-order valence-electron chi connectivity index (χ4n) is 3.80. The smallest absolute Gasteiger partial charge is 0.419 e. The summed E-state index contributed by atoms with van der Waals surface area (Å²) in [7, 11) is 0. The van der Waals surface area contributed by atoms with Crippen LogP contribution in [0.3, 0.4) is 0 Å². The van der Waals surface area contributed by atoms with Crippen molar-refractivity contribution >= 4 is 6.08 Å². The van der Waals surface area contributed by atoms with Crippen LogP contribution < -0.4 is 4.74 Å². The fraction of sp³-hybridized carbons (Fsp3) is 0.138. The van der Waals surface area contributed by atoms with Gasteiger partial charge in [0, 0.05) is 35.0 Å². The molecule has 0 aliphatic rings. The van der Waals surface area contributed by atoms with E-state index in [0.29, 0.717) is 30.0 Å². The maximum atomic E-state index is 14.6. The molecule has 202 valence electrons. The summed E-state index contributed by atoms with van der Waals surface area (Å²) < 4.78 is 117. The Bertz CT molecular complexity index is 1490. The zero-order valence-electron chi connectivity index (χ0n) is 20.2. The molecule has 0 unspecified atom stereocenters. The first-order valence-corrected chi connectivity index (χ1v) is 11.6. The number of nitrogens with zero attached hydrogens (tertiary/aromatic N) is 1. The van der Waals surface area contributed by atoms with E-state index >= 15 is 0 Å². The van der Waals surface area contributed by atoms with Gasteiger partial charge in [-0.1, -0.05) is 19.4 Å². The van der Waals surface area contributed by atoms with Gasteiger partial charge in [-0.05, 0) is 66.1 Å². The number of rotatable bonds is 8. The van der Waals surface area contributed by atoms with Gasteiger partial charge in [0.25, 0.3) is 0 Å². The Balaban J connectivity index is 1.52. The van der Waals surface area contributed by atoms with Gasteiger partial charge in [0.2, 0.25) is 0 Å². The molecule has 4 aromatic rings. The van der Waals surface area contributed by atoms with Gasteiger partial charge in [-0.2, -0.15) is 8.78 Å². The lowest BCUT2D eigenvalue weighted by atomic mass is 10.0. The van der Waals surface area contributed by atoms with Crippen molar-refractivity contribution in [3.8, 4) is 28.1 Å². The first kappa shape index (κ1) is 27.8. The Kier molecular flexibility index (Phi) is 8.03. The molecule has 0 N–H and O–H groups in total. The Morgan fingerprint density at radius 3 is 1.97 bits per heavy atom. The second-order valence-electron chi connectivity index (χ2n) is 8.55. The molecule has 0 aliphatic carbocycles. The summed E-state index contributed by atoms with van der Waals surface area (Å²) in [6.45, 7) is 2.00. The average molecular weight is 549 g/mol. The van der Waals surface area contributed by atoms with E-state index in [-0.39, 0.29) is 17.2 Å². The molecule has 0 amide bonds. The number of ether oxygens (including phenoxy) is 1. The Morgan fingerprint density at radius 2 is 1.41 bits per heavy atom. The minimum Gasteiger partial charge on any atom is -0.429 e. The van der Waals surface area contributed by atoms with Gasteiger partial charge >= 0.3 is 6.11 Å². The lowest BCUT2D eigenvalue weighted by molar-refractivity contribution is -0.131. The predicted molar refractivity (Wildman–Crippen MR) is 130 cm³/mol. The third-order valence-corrected chi connectivity index (χ3v) is 5.67. The molecule has 1 aromatic heterocycles. The highest BCUT2D eigenvalue weighted by molar-refractivity contribution is 5.66. The molecule has 0 atom stereocenters. The van der Waals surface area contributed by atoms with Crippen LogP contribution in [0.1, 0.15) is 24.5 Å². The zero-order chi connectivity index (χ0) is 28.3. The van der Waals surface area contributed by atoms with Crippen molar-refractivity contribution in [3.05, 3.63) is 113 Å².